The molecule has 0 heterocycles. The lowest BCUT2D eigenvalue weighted by molar-refractivity contribution is 0.0988. The van der Waals surface area contributed by atoms with Crippen molar-refractivity contribution in [1.82, 2.24) is 5.32 Å². The van der Waals surface area contributed by atoms with Crippen molar-refractivity contribution < 1.29 is 18.7 Å². The van der Waals surface area contributed by atoms with Crippen LogP contribution in [0.15, 0.2) is 12.1 Å². The van der Waals surface area contributed by atoms with Crippen molar-refractivity contribution in [1.29, 1.82) is 0 Å². The van der Waals surface area contributed by atoms with E-state index < -0.39 is 23.2 Å². The van der Waals surface area contributed by atoms with Gasteiger partial charge >= 0.3 is 0 Å². The third-order valence-corrected chi connectivity index (χ3v) is 1.70. The standard InChI is InChI=1S/C9H9F2NO2/c1-12-4-7(13)5-2-3-6(10)9(14)8(5)11/h2-3,12,14H,4H2,1H3. The maximum Gasteiger partial charge on any atom is 0.188 e. The number of carbonyl (C=O) groups excluding carboxylic acids is 1. The highest BCUT2D eigenvalue weighted by Crippen LogP contribution is 2.22. The molecule has 1 aromatic rings. The van der Waals surface area contributed by atoms with Crippen molar-refractivity contribution in [2.75, 3.05) is 13.6 Å². The number of rotatable bonds is 3. The van der Waals surface area contributed by atoms with Crippen LogP contribution in [0.2, 0.25) is 0 Å². The van der Waals surface area contributed by atoms with Crippen LogP contribution in [0, 0.1) is 11.6 Å². The number of phenols is 1. The molecule has 0 radical (unpaired) electrons. The zero-order valence-electron chi connectivity index (χ0n) is 7.47. The van der Waals surface area contributed by atoms with E-state index in [-0.39, 0.29) is 12.1 Å². The summed E-state index contributed by atoms with van der Waals surface area (Å²) < 4.78 is 25.7. The summed E-state index contributed by atoms with van der Waals surface area (Å²) >= 11 is 0. The summed E-state index contributed by atoms with van der Waals surface area (Å²) in [6, 6.07) is 1.85. The molecule has 0 aliphatic rings. The van der Waals surface area contributed by atoms with E-state index in [4.69, 9.17) is 5.11 Å². The maximum absolute atomic E-state index is 13.1. The fourth-order valence-corrected chi connectivity index (χ4v) is 1.01. The minimum Gasteiger partial charge on any atom is -0.503 e. The molecular formula is C9H9F2NO2. The van der Waals surface area contributed by atoms with Crippen LogP contribution in [0.4, 0.5) is 8.78 Å². The number of Topliss-reactive ketones (excluding diaryl/α,β-unsaturated/α-hetero) is 1. The topological polar surface area (TPSA) is 49.3 Å². The predicted octanol–water partition coefficient (Wildman–Crippen LogP) is 1.07. The van der Waals surface area contributed by atoms with Crippen molar-refractivity contribution >= 4 is 5.78 Å². The van der Waals surface area contributed by atoms with Crippen LogP contribution < -0.4 is 5.32 Å². The number of ketones is 1. The van der Waals surface area contributed by atoms with E-state index in [9.17, 15) is 13.6 Å². The molecule has 2 N–H and O–H groups in total. The zero-order valence-corrected chi connectivity index (χ0v) is 7.47. The number of nitrogens with one attached hydrogen (secondary N) is 1. The van der Waals surface area contributed by atoms with Crippen LogP contribution >= 0.6 is 0 Å². The lowest BCUT2D eigenvalue weighted by atomic mass is 10.1. The number of phenolic OH excluding ortho intramolecular Hbond substituents is 1. The SMILES string of the molecule is CNCC(=O)c1ccc(F)c(O)c1F. The van der Waals surface area contributed by atoms with E-state index in [0.717, 1.165) is 12.1 Å². The Morgan fingerprint density at radius 2 is 2.14 bits per heavy atom. The van der Waals surface area contributed by atoms with Crippen molar-refractivity contribution in [3.05, 3.63) is 29.3 Å². The van der Waals surface area contributed by atoms with E-state index in [2.05, 4.69) is 5.32 Å². The van der Waals surface area contributed by atoms with Gasteiger partial charge in [-0.1, -0.05) is 0 Å². The number of hydrogen-bond acceptors (Lipinski definition) is 3. The van der Waals surface area contributed by atoms with Crippen LogP contribution in [0.1, 0.15) is 10.4 Å². The molecule has 1 rings (SSSR count). The summed E-state index contributed by atoms with van der Waals surface area (Å²) in [6.07, 6.45) is 0. The molecule has 14 heavy (non-hydrogen) atoms. The van der Waals surface area contributed by atoms with Gasteiger partial charge in [-0.15, -0.1) is 0 Å². The van der Waals surface area contributed by atoms with E-state index in [1.54, 1.807) is 0 Å². The summed E-state index contributed by atoms with van der Waals surface area (Å²) in [5, 5.41) is 11.4. The normalized spacial score (nSPS) is 10.2. The number of benzene rings is 1. The van der Waals surface area contributed by atoms with Crippen molar-refractivity contribution in [3.63, 3.8) is 0 Å². The summed E-state index contributed by atoms with van der Waals surface area (Å²) in [6.45, 7) is -0.0675. The number of aromatic hydroxyl groups is 1. The van der Waals surface area contributed by atoms with Gasteiger partial charge in [0.05, 0.1) is 12.1 Å². The van der Waals surface area contributed by atoms with Gasteiger partial charge in [0.25, 0.3) is 0 Å². The largest absolute Gasteiger partial charge is 0.503 e. The first-order valence-corrected chi connectivity index (χ1v) is 3.92. The Bertz CT molecular complexity index is 366. The number of hydrogen-bond donors (Lipinski definition) is 2. The average molecular weight is 201 g/mol. The fourth-order valence-electron chi connectivity index (χ4n) is 1.01. The first kappa shape index (κ1) is 10.6. The van der Waals surface area contributed by atoms with Gasteiger partial charge in [0.15, 0.2) is 23.2 Å². The Morgan fingerprint density at radius 1 is 1.50 bits per heavy atom. The van der Waals surface area contributed by atoms with Gasteiger partial charge in [-0.05, 0) is 19.2 Å². The van der Waals surface area contributed by atoms with Crippen LogP contribution in [0.3, 0.4) is 0 Å². The Balaban J connectivity index is 3.11. The van der Waals surface area contributed by atoms with Gasteiger partial charge in [0, 0.05) is 0 Å². The molecule has 0 amide bonds. The van der Waals surface area contributed by atoms with E-state index in [1.807, 2.05) is 0 Å². The first-order chi connectivity index (χ1) is 6.57. The van der Waals surface area contributed by atoms with Gasteiger partial charge in [-0.3, -0.25) is 4.79 Å². The van der Waals surface area contributed by atoms with Crippen molar-refractivity contribution in [2.45, 2.75) is 0 Å². The minimum absolute atomic E-state index is 0.0675. The van der Waals surface area contributed by atoms with Gasteiger partial charge in [-0.25, -0.2) is 8.78 Å². The Kier molecular flexibility index (Phi) is 3.14. The lowest BCUT2D eigenvalue weighted by Crippen LogP contribution is -2.19. The molecule has 0 fully saturated rings. The second-order valence-electron chi connectivity index (χ2n) is 2.71. The maximum atomic E-state index is 13.1. The van der Waals surface area contributed by atoms with E-state index in [1.165, 1.54) is 7.05 Å². The quantitative estimate of drug-likeness (QED) is 0.719. The number of carbonyl (C=O) groups is 1. The Hall–Kier alpha value is -1.49. The molecule has 0 atom stereocenters. The zero-order chi connectivity index (χ0) is 10.7. The molecule has 0 aliphatic carbocycles. The van der Waals surface area contributed by atoms with Crippen LogP contribution in [0.25, 0.3) is 0 Å². The van der Waals surface area contributed by atoms with Crippen LogP contribution in [0.5, 0.6) is 5.75 Å². The molecule has 3 nitrogen and oxygen atoms in total. The number of likely N-dealkylation sites (N-methyl/N-ethyl adjacent to an activating group) is 1. The second kappa shape index (κ2) is 4.15. The van der Waals surface area contributed by atoms with Crippen molar-refractivity contribution in [2.24, 2.45) is 0 Å². The monoisotopic (exact) mass is 201 g/mol. The Labute approximate surface area is 79.4 Å². The fraction of sp³-hybridized carbons (Fsp3) is 0.222. The molecule has 0 aromatic heterocycles. The summed E-state index contributed by atoms with van der Waals surface area (Å²) in [4.78, 5) is 11.2. The summed E-state index contributed by atoms with van der Waals surface area (Å²) in [5.74, 6) is -3.96. The van der Waals surface area contributed by atoms with Gasteiger partial charge in [0.1, 0.15) is 0 Å². The second-order valence-corrected chi connectivity index (χ2v) is 2.71. The molecular weight excluding hydrogens is 192 g/mol. The highest BCUT2D eigenvalue weighted by Gasteiger charge is 2.17. The van der Waals surface area contributed by atoms with Crippen molar-refractivity contribution in [3.8, 4) is 5.75 Å². The molecule has 1 aromatic carbocycles. The van der Waals surface area contributed by atoms with Crippen LogP contribution in [-0.4, -0.2) is 24.5 Å². The molecule has 76 valence electrons. The van der Waals surface area contributed by atoms with Crippen LogP contribution in [-0.2, 0) is 0 Å². The highest BCUT2D eigenvalue weighted by atomic mass is 19.1. The van der Waals surface area contributed by atoms with Gasteiger partial charge < -0.3 is 10.4 Å². The first-order valence-electron chi connectivity index (χ1n) is 3.92. The third kappa shape index (κ3) is 1.88. The molecule has 0 saturated heterocycles. The third-order valence-electron chi connectivity index (χ3n) is 1.70. The molecule has 5 heteroatoms. The molecule has 0 aliphatic heterocycles. The van der Waals surface area contributed by atoms with E-state index >= 15 is 0 Å². The Morgan fingerprint density at radius 3 is 2.71 bits per heavy atom. The summed E-state index contributed by atoms with van der Waals surface area (Å²) in [7, 11) is 1.53. The predicted molar refractivity (Wildman–Crippen MR) is 46.3 cm³/mol. The molecule has 0 bridgehead atoms. The van der Waals surface area contributed by atoms with Gasteiger partial charge in [0.2, 0.25) is 0 Å². The molecule has 0 spiro atoms. The smallest absolute Gasteiger partial charge is 0.188 e. The van der Waals surface area contributed by atoms with Gasteiger partial charge in [-0.2, -0.15) is 0 Å². The minimum atomic E-state index is -1.22. The number of halogens is 2. The highest BCUT2D eigenvalue weighted by molar-refractivity contribution is 5.98. The summed E-state index contributed by atoms with van der Waals surface area (Å²) in [5.41, 5.74) is -0.321. The molecule has 0 unspecified atom stereocenters. The average Bonchev–Trinajstić information content (AvgIpc) is 2.15. The van der Waals surface area contributed by atoms with E-state index in [0.29, 0.717) is 0 Å². The lowest BCUT2D eigenvalue weighted by Gasteiger charge is -2.03. The molecule has 0 saturated carbocycles.